The Hall–Kier alpha value is -0.953. The zero-order chi connectivity index (χ0) is 22.0. The maximum absolute atomic E-state index is 13.1. The molecule has 0 aromatic heterocycles. The Bertz CT molecular complexity index is 484. The Balaban J connectivity index is 6.61. The summed E-state index contributed by atoms with van der Waals surface area (Å²) >= 11 is 0. The molecule has 3 nitrogen and oxygen atoms in total. The van der Waals surface area contributed by atoms with Crippen LogP contribution in [-0.2, 0) is 0 Å². The number of nitrogens with two attached hydrogens (primary N) is 3. The summed E-state index contributed by atoms with van der Waals surface area (Å²) in [7, 11) is -6.40. The van der Waals surface area contributed by atoms with Crippen molar-refractivity contribution < 1.29 is 65.9 Å². The highest BCUT2D eigenvalue weighted by Gasteiger charge is 2.94. The molecule has 6 N–H and O–H groups in total. The van der Waals surface area contributed by atoms with Crippen molar-refractivity contribution in [2.45, 2.75) is 41.3 Å². The van der Waals surface area contributed by atoms with Gasteiger partial charge >= 0.3 is 49.9 Å². The van der Waals surface area contributed by atoms with Crippen molar-refractivity contribution in [2.75, 3.05) is 0 Å². The fourth-order valence-corrected chi connectivity index (χ4v) is 1.94. The molecule has 26 heavy (non-hydrogen) atoms. The summed E-state index contributed by atoms with van der Waals surface area (Å²) in [4.78, 5) is 0. The Labute approximate surface area is 133 Å². The zero-order valence-corrected chi connectivity index (χ0v) is 12.4. The maximum atomic E-state index is 13.1. The van der Waals surface area contributed by atoms with Crippen molar-refractivity contribution in [1.29, 1.82) is 0 Å². The number of hydrogen-bond acceptors (Lipinski definition) is 3. The van der Waals surface area contributed by atoms with Crippen LogP contribution < -0.4 is 16.2 Å². The first-order chi connectivity index (χ1) is 10.8. The molecule has 0 aliphatic rings. The van der Waals surface area contributed by atoms with E-state index in [0.29, 0.717) is 0 Å². The lowest BCUT2D eigenvalue weighted by Crippen LogP contribution is -2.84. The van der Waals surface area contributed by atoms with Crippen LogP contribution in [0.15, 0.2) is 0 Å². The van der Waals surface area contributed by atoms with E-state index in [2.05, 4.69) is 16.2 Å². The van der Waals surface area contributed by atoms with E-state index in [1.165, 1.54) is 0 Å². The first-order valence-corrected chi connectivity index (χ1v) is 7.68. The lowest BCUT2D eigenvalue weighted by Gasteiger charge is -2.43. The molecule has 19 heteroatoms. The minimum atomic E-state index is -8.37. The van der Waals surface area contributed by atoms with Crippen LogP contribution in [0.3, 0.4) is 0 Å². The van der Waals surface area contributed by atoms with E-state index in [0.717, 1.165) is 0 Å². The normalized spacial score (nSPS) is 16.8. The van der Waals surface area contributed by atoms with Crippen molar-refractivity contribution in [3.05, 3.63) is 0 Å². The van der Waals surface area contributed by atoms with E-state index in [9.17, 15) is 65.9 Å². The molecule has 0 bridgehead atoms. The third kappa shape index (κ3) is 2.91. The summed E-state index contributed by atoms with van der Waals surface area (Å²) in [5.41, 5.74) is -6.75. The molecule has 0 aromatic carbocycles. The molecule has 0 saturated heterocycles. The van der Waals surface area contributed by atoms with Gasteiger partial charge in [0.15, 0.2) is 0 Å². The average Bonchev–Trinajstić information content (AvgIpc) is 2.34. The van der Waals surface area contributed by atoms with E-state index in [-0.39, 0.29) is 0 Å². The number of halogens is 15. The standard InChI is InChI=1S/C7H6F15N3Si/c8-1(9,2(10,11)4(14,15)6(18,19)20)3(12,13)5(16,17)7(21,22)26(23,24)25/h23-25H2. The maximum Gasteiger partial charge on any atom is 0.460 e. The molecule has 0 heterocycles. The highest BCUT2D eigenvalue weighted by atomic mass is 28.4. The molecule has 0 aliphatic carbocycles. The second-order valence-electron chi connectivity index (χ2n) is 4.88. The molecule has 0 spiro atoms. The second kappa shape index (κ2) is 5.77. The van der Waals surface area contributed by atoms with Gasteiger partial charge in [-0.1, -0.05) is 0 Å². The summed E-state index contributed by atoms with van der Waals surface area (Å²) in [6.07, 6.45) is -7.65. The van der Waals surface area contributed by atoms with Crippen molar-refractivity contribution >= 4 is 8.56 Å². The van der Waals surface area contributed by atoms with Crippen LogP contribution in [0, 0.1) is 0 Å². The van der Waals surface area contributed by atoms with Crippen molar-refractivity contribution in [3.8, 4) is 0 Å². The van der Waals surface area contributed by atoms with Gasteiger partial charge in [-0.15, -0.1) is 0 Å². The lowest BCUT2D eigenvalue weighted by molar-refractivity contribution is -0.448. The van der Waals surface area contributed by atoms with Crippen LogP contribution >= 0.6 is 0 Å². The van der Waals surface area contributed by atoms with Gasteiger partial charge in [0.25, 0.3) is 0 Å². The van der Waals surface area contributed by atoms with Crippen LogP contribution in [0.25, 0.3) is 0 Å². The summed E-state index contributed by atoms with van der Waals surface area (Å²) in [5, 5.41) is 12.2. The van der Waals surface area contributed by atoms with Gasteiger partial charge in [-0.3, -0.25) is 0 Å². The molecule has 0 amide bonds. The van der Waals surface area contributed by atoms with Gasteiger partial charge in [0.1, 0.15) is 0 Å². The Kier molecular flexibility index (Phi) is 5.56. The SMILES string of the molecule is N[Si](N)(N)C(F)(F)C(F)(F)C(F)(F)C(F)(F)C(F)(F)C(F)(F)C(F)(F)F. The van der Waals surface area contributed by atoms with Gasteiger partial charge in [0.2, 0.25) is 0 Å². The fourth-order valence-electron chi connectivity index (χ4n) is 1.24. The van der Waals surface area contributed by atoms with Gasteiger partial charge in [0, 0.05) is 0 Å². The third-order valence-corrected chi connectivity index (χ3v) is 4.27. The van der Waals surface area contributed by atoms with Gasteiger partial charge in [-0.05, 0) is 0 Å². The van der Waals surface area contributed by atoms with E-state index in [1.807, 2.05) is 0 Å². The van der Waals surface area contributed by atoms with Crippen LogP contribution in [0.5, 0.6) is 0 Å². The first-order valence-electron chi connectivity index (χ1n) is 5.45. The summed E-state index contributed by atoms with van der Waals surface area (Å²) in [5.74, 6) is -40.7. The molecule has 0 radical (unpaired) electrons. The summed E-state index contributed by atoms with van der Waals surface area (Å²) in [6, 6.07) is 0. The topological polar surface area (TPSA) is 78.1 Å². The van der Waals surface area contributed by atoms with E-state index in [1.54, 1.807) is 0 Å². The minimum Gasteiger partial charge on any atom is -0.323 e. The Morgan fingerprint density at radius 3 is 0.846 bits per heavy atom. The van der Waals surface area contributed by atoms with Gasteiger partial charge in [0.05, 0.1) is 0 Å². The average molecular weight is 445 g/mol. The summed E-state index contributed by atoms with van der Waals surface area (Å²) in [6.45, 7) is 0. The van der Waals surface area contributed by atoms with Crippen LogP contribution in [0.1, 0.15) is 0 Å². The Morgan fingerprint density at radius 1 is 0.385 bits per heavy atom. The van der Waals surface area contributed by atoms with Crippen molar-refractivity contribution in [2.24, 2.45) is 16.2 Å². The Morgan fingerprint density at radius 2 is 0.615 bits per heavy atom. The first kappa shape index (κ1) is 25.0. The van der Waals surface area contributed by atoms with E-state index < -0.39 is 49.9 Å². The van der Waals surface area contributed by atoms with E-state index >= 15 is 0 Å². The fraction of sp³-hybridized carbons (Fsp3) is 1.00. The number of rotatable bonds is 6. The highest BCUT2D eigenvalue weighted by molar-refractivity contribution is 6.73. The molecule has 0 unspecified atom stereocenters. The quantitative estimate of drug-likeness (QED) is 0.435. The van der Waals surface area contributed by atoms with Gasteiger partial charge in [-0.2, -0.15) is 65.9 Å². The van der Waals surface area contributed by atoms with Gasteiger partial charge < -0.3 is 16.2 Å². The predicted molar refractivity (Wildman–Crippen MR) is 54.1 cm³/mol. The van der Waals surface area contributed by atoms with Crippen LogP contribution in [0.4, 0.5) is 65.9 Å². The van der Waals surface area contributed by atoms with E-state index in [4.69, 9.17) is 0 Å². The smallest absolute Gasteiger partial charge is 0.323 e. The summed E-state index contributed by atoms with van der Waals surface area (Å²) < 4.78 is 191. The molecule has 158 valence electrons. The molecule has 0 aromatic rings. The third-order valence-electron chi connectivity index (χ3n) is 2.87. The highest BCUT2D eigenvalue weighted by Crippen LogP contribution is 2.62. The van der Waals surface area contributed by atoms with Crippen LogP contribution in [0.2, 0.25) is 0 Å². The van der Waals surface area contributed by atoms with Crippen molar-refractivity contribution in [3.63, 3.8) is 0 Å². The molecular weight excluding hydrogens is 439 g/mol. The molecule has 0 atom stereocenters. The number of alkyl halides is 15. The second-order valence-corrected chi connectivity index (χ2v) is 7.37. The van der Waals surface area contributed by atoms with Crippen molar-refractivity contribution in [1.82, 2.24) is 0 Å². The van der Waals surface area contributed by atoms with Crippen LogP contribution in [-0.4, -0.2) is 49.9 Å². The monoisotopic (exact) mass is 445 g/mol. The molecule has 0 saturated carbocycles. The van der Waals surface area contributed by atoms with Gasteiger partial charge in [-0.25, -0.2) is 0 Å². The molecule has 0 aliphatic heterocycles. The molecule has 0 fully saturated rings. The minimum absolute atomic E-state index is 4.07. The molecule has 0 rings (SSSR count). The lowest BCUT2D eigenvalue weighted by atomic mass is 9.94. The largest absolute Gasteiger partial charge is 0.460 e. The predicted octanol–water partition coefficient (Wildman–Crippen LogP) is 2.71. The molecular formula is C7H6F15N3Si. The number of hydrogen-bond donors (Lipinski definition) is 3. The zero-order valence-electron chi connectivity index (χ0n) is 11.4.